The van der Waals surface area contributed by atoms with Gasteiger partial charge in [-0.05, 0) is 13.8 Å². The van der Waals surface area contributed by atoms with E-state index in [1.54, 1.807) is 0 Å². The van der Waals surface area contributed by atoms with Crippen molar-refractivity contribution < 1.29 is 10.2 Å². The van der Waals surface area contributed by atoms with E-state index in [1.807, 2.05) is 13.8 Å². The Bertz CT molecular complexity index is 109. The van der Waals surface area contributed by atoms with E-state index in [0.29, 0.717) is 12.4 Å². The van der Waals surface area contributed by atoms with Gasteiger partial charge < -0.3 is 15.5 Å². The van der Waals surface area contributed by atoms with Gasteiger partial charge in [-0.15, -0.1) is 11.6 Å². The van der Waals surface area contributed by atoms with E-state index in [1.165, 1.54) is 0 Å². The summed E-state index contributed by atoms with van der Waals surface area (Å²) in [6, 6.07) is 0. The molecule has 0 amide bonds. The molecular weight excluding hydrogens is 166 g/mol. The Hall–Kier alpha value is 0.170. The molecule has 0 fully saturated rings. The Kier molecular flexibility index (Phi) is 5.01. The molecule has 0 aliphatic rings. The number of aliphatic hydroxyl groups is 2. The number of alkyl halides is 1. The highest BCUT2D eigenvalue weighted by Crippen LogP contribution is 2.03. The minimum atomic E-state index is -0.697. The molecule has 3 N–H and O–H groups in total. The van der Waals surface area contributed by atoms with Crippen molar-refractivity contribution in [2.75, 3.05) is 19.0 Å². The average molecular weight is 182 g/mol. The summed E-state index contributed by atoms with van der Waals surface area (Å²) in [6.07, 6.45) is -0.697. The zero-order valence-electron chi connectivity index (χ0n) is 6.97. The quantitative estimate of drug-likeness (QED) is 0.522. The van der Waals surface area contributed by atoms with Crippen LogP contribution in [0.1, 0.15) is 13.8 Å². The van der Waals surface area contributed by atoms with Crippen LogP contribution >= 0.6 is 11.6 Å². The van der Waals surface area contributed by atoms with Crippen LogP contribution in [-0.2, 0) is 0 Å². The zero-order chi connectivity index (χ0) is 8.91. The molecule has 0 rings (SSSR count). The lowest BCUT2D eigenvalue weighted by atomic mass is 10.1. The minimum absolute atomic E-state index is 0.183. The van der Waals surface area contributed by atoms with Crippen LogP contribution < -0.4 is 5.32 Å². The normalized spacial score (nSPS) is 15.0. The van der Waals surface area contributed by atoms with Crippen molar-refractivity contribution in [1.82, 2.24) is 5.32 Å². The second-order valence-electron chi connectivity index (χ2n) is 3.23. The second-order valence-corrected chi connectivity index (χ2v) is 3.50. The summed E-state index contributed by atoms with van der Waals surface area (Å²) in [6.45, 7) is 4.02. The zero-order valence-corrected chi connectivity index (χ0v) is 7.73. The van der Waals surface area contributed by atoms with Gasteiger partial charge in [0.2, 0.25) is 0 Å². The van der Waals surface area contributed by atoms with E-state index < -0.39 is 6.10 Å². The van der Waals surface area contributed by atoms with Gasteiger partial charge in [0, 0.05) is 18.0 Å². The van der Waals surface area contributed by atoms with Crippen LogP contribution in [0.2, 0.25) is 0 Å². The molecule has 0 heterocycles. The fourth-order valence-electron chi connectivity index (χ4n) is 0.506. The Morgan fingerprint density at radius 3 is 2.45 bits per heavy atom. The van der Waals surface area contributed by atoms with Crippen molar-refractivity contribution in [2.24, 2.45) is 0 Å². The molecule has 0 radical (unpaired) electrons. The van der Waals surface area contributed by atoms with Gasteiger partial charge in [-0.1, -0.05) is 0 Å². The van der Waals surface area contributed by atoms with Crippen LogP contribution in [0.15, 0.2) is 0 Å². The van der Waals surface area contributed by atoms with Gasteiger partial charge in [-0.25, -0.2) is 0 Å². The van der Waals surface area contributed by atoms with E-state index in [4.69, 9.17) is 21.8 Å². The summed E-state index contributed by atoms with van der Waals surface area (Å²) in [4.78, 5) is 0. The van der Waals surface area contributed by atoms with Crippen molar-refractivity contribution in [3.8, 4) is 0 Å². The molecule has 11 heavy (non-hydrogen) atoms. The largest absolute Gasteiger partial charge is 0.394 e. The van der Waals surface area contributed by atoms with Crippen molar-refractivity contribution in [1.29, 1.82) is 0 Å². The maximum Gasteiger partial charge on any atom is 0.0895 e. The first-order valence-corrected chi connectivity index (χ1v) is 4.15. The highest BCUT2D eigenvalue weighted by Gasteiger charge is 2.16. The first kappa shape index (κ1) is 11.2. The molecular formula is C7H16ClNO2. The standard InChI is InChI=1S/C7H16ClNO2/c1-7(2,5-8)9-3-6(11)4-10/h6,9-11H,3-5H2,1-2H3. The van der Waals surface area contributed by atoms with Gasteiger partial charge in [-0.3, -0.25) is 0 Å². The van der Waals surface area contributed by atoms with Crippen molar-refractivity contribution >= 4 is 11.6 Å². The fourth-order valence-corrected chi connectivity index (χ4v) is 0.600. The molecule has 0 saturated carbocycles. The smallest absolute Gasteiger partial charge is 0.0895 e. The van der Waals surface area contributed by atoms with E-state index in [0.717, 1.165) is 0 Å². The van der Waals surface area contributed by atoms with E-state index in [-0.39, 0.29) is 12.1 Å². The molecule has 68 valence electrons. The van der Waals surface area contributed by atoms with Crippen LogP contribution in [-0.4, -0.2) is 40.9 Å². The van der Waals surface area contributed by atoms with E-state index in [9.17, 15) is 0 Å². The van der Waals surface area contributed by atoms with Gasteiger partial charge in [0.25, 0.3) is 0 Å². The van der Waals surface area contributed by atoms with E-state index >= 15 is 0 Å². The van der Waals surface area contributed by atoms with Gasteiger partial charge in [-0.2, -0.15) is 0 Å². The highest BCUT2D eigenvalue weighted by atomic mass is 35.5. The Labute approximate surface area is 72.4 Å². The molecule has 1 atom stereocenters. The molecule has 0 bridgehead atoms. The van der Waals surface area contributed by atoms with Gasteiger partial charge >= 0.3 is 0 Å². The topological polar surface area (TPSA) is 52.5 Å². The Morgan fingerprint density at radius 2 is 2.09 bits per heavy atom. The highest BCUT2D eigenvalue weighted by molar-refractivity contribution is 6.18. The average Bonchev–Trinajstić information content (AvgIpc) is 2.00. The molecule has 0 aromatic carbocycles. The molecule has 0 aliphatic heterocycles. The minimum Gasteiger partial charge on any atom is -0.394 e. The summed E-state index contributed by atoms with van der Waals surface area (Å²) in [5, 5.41) is 20.5. The lowest BCUT2D eigenvalue weighted by Gasteiger charge is -2.24. The number of halogens is 1. The van der Waals surface area contributed by atoms with Gasteiger partial charge in [0.05, 0.1) is 12.7 Å². The monoisotopic (exact) mass is 181 g/mol. The van der Waals surface area contributed by atoms with Crippen molar-refractivity contribution in [3.05, 3.63) is 0 Å². The summed E-state index contributed by atoms with van der Waals surface area (Å²) < 4.78 is 0. The van der Waals surface area contributed by atoms with Crippen molar-refractivity contribution in [2.45, 2.75) is 25.5 Å². The third-order valence-electron chi connectivity index (χ3n) is 1.36. The molecule has 0 aliphatic carbocycles. The second kappa shape index (κ2) is 4.93. The van der Waals surface area contributed by atoms with Crippen LogP contribution in [0.4, 0.5) is 0 Å². The summed E-state index contributed by atoms with van der Waals surface area (Å²) in [7, 11) is 0. The Morgan fingerprint density at radius 1 is 1.55 bits per heavy atom. The molecule has 0 saturated heterocycles. The number of rotatable bonds is 5. The Balaban J connectivity index is 3.52. The third-order valence-corrected chi connectivity index (χ3v) is 2.03. The third kappa shape index (κ3) is 5.44. The first-order valence-electron chi connectivity index (χ1n) is 3.62. The number of hydrogen-bond donors (Lipinski definition) is 3. The lowest BCUT2D eigenvalue weighted by Crippen LogP contribution is -2.45. The molecule has 0 aromatic rings. The van der Waals surface area contributed by atoms with Crippen LogP contribution in [0.3, 0.4) is 0 Å². The number of β-amino-alcohol motifs (C(OH)–C–C–N with tert-alkyl or cyclic N) is 1. The fraction of sp³-hybridized carbons (Fsp3) is 1.00. The SMILES string of the molecule is CC(C)(CCl)NCC(O)CO. The maximum absolute atomic E-state index is 8.96. The molecule has 0 spiro atoms. The summed E-state index contributed by atoms with van der Waals surface area (Å²) >= 11 is 5.61. The van der Waals surface area contributed by atoms with Crippen LogP contribution in [0.5, 0.6) is 0 Å². The lowest BCUT2D eigenvalue weighted by molar-refractivity contribution is 0.0890. The summed E-state index contributed by atoms with van der Waals surface area (Å²) in [5.74, 6) is 0.477. The number of nitrogens with one attached hydrogen (secondary N) is 1. The molecule has 0 aromatic heterocycles. The van der Waals surface area contributed by atoms with E-state index in [2.05, 4.69) is 5.32 Å². The maximum atomic E-state index is 8.96. The molecule has 3 nitrogen and oxygen atoms in total. The predicted octanol–water partition coefficient (Wildman–Crippen LogP) is -0.0534. The number of aliphatic hydroxyl groups excluding tert-OH is 2. The predicted molar refractivity (Wildman–Crippen MR) is 45.9 cm³/mol. The number of hydrogen-bond acceptors (Lipinski definition) is 3. The summed E-state index contributed by atoms with van der Waals surface area (Å²) in [5.41, 5.74) is -0.183. The molecule has 1 unspecified atom stereocenters. The van der Waals surface area contributed by atoms with Gasteiger partial charge in [0.15, 0.2) is 0 Å². The van der Waals surface area contributed by atoms with Gasteiger partial charge in [0.1, 0.15) is 0 Å². The van der Waals surface area contributed by atoms with Crippen LogP contribution in [0, 0.1) is 0 Å². The first-order chi connectivity index (χ1) is 5.02. The molecule has 4 heteroatoms. The van der Waals surface area contributed by atoms with Crippen molar-refractivity contribution in [3.63, 3.8) is 0 Å². The van der Waals surface area contributed by atoms with Crippen LogP contribution in [0.25, 0.3) is 0 Å².